The lowest BCUT2D eigenvalue weighted by Crippen LogP contribution is -2.21. The number of benzene rings is 4. The zero-order valence-corrected chi connectivity index (χ0v) is 25.5. The quantitative estimate of drug-likeness (QED) is 0.142. The molecule has 0 saturated carbocycles. The van der Waals surface area contributed by atoms with E-state index in [0.29, 0.717) is 47.2 Å². The van der Waals surface area contributed by atoms with Crippen LogP contribution in [0.15, 0.2) is 94.7 Å². The Labute approximate surface area is 261 Å². The maximum Gasteiger partial charge on any atom is 0.379 e. The molecule has 8 nitrogen and oxygen atoms in total. The lowest BCUT2D eigenvalue weighted by atomic mass is 9.83. The minimum atomic E-state index is -0.627. The number of rotatable bonds is 8. The van der Waals surface area contributed by atoms with Gasteiger partial charge in [0.15, 0.2) is 11.5 Å². The number of nitrogens with two attached hydrogens (primary N) is 1. The molecule has 2 heterocycles. The molecule has 1 aliphatic rings. The van der Waals surface area contributed by atoms with Gasteiger partial charge in [0.1, 0.15) is 35.3 Å². The predicted molar refractivity (Wildman–Crippen MR) is 170 cm³/mol. The van der Waals surface area contributed by atoms with Crippen molar-refractivity contribution in [1.29, 1.82) is 5.26 Å². The molecule has 1 aromatic heterocycles. The Morgan fingerprint density at radius 3 is 2.44 bits per heavy atom. The van der Waals surface area contributed by atoms with E-state index in [-0.39, 0.29) is 23.0 Å². The first-order valence-corrected chi connectivity index (χ1v) is 14.6. The Balaban J connectivity index is 1.29. The lowest BCUT2D eigenvalue weighted by molar-refractivity contribution is 0.0702. The number of ether oxygens (including phenoxy) is 4. The van der Waals surface area contributed by atoms with Crippen LogP contribution in [0.5, 0.6) is 23.0 Å². The van der Waals surface area contributed by atoms with Crippen molar-refractivity contribution in [2.24, 2.45) is 5.73 Å². The van der Waals surface area contributed by atoms with Gasteiger partial charge in [-0.1, -0.05) is 53.6 Å². The minimum Gasteiger partial charge on any atom is -0.490 e. The third kappa shape index (κ3) is 5.80. The molecular weight excluding hydrogens is 568 g/mol. The van der Waals surface area contributed by atoms with Gasteiger partial charge >= 0.3 is 5.97 Å². The average Bonchev–Trinajstić information content (AvgIpc) is 3.36. The molecule has 45 heavy (non-hydrogen) atoms. The van der Waals surface area contributed by atoms with Crippen LogP contribution in [0.3, 0.4) is 0 Å². The van der Waals surface area contributed by atoms with Crippen molar-refractivity contribution in [3.63, 3.8) is 0 Å². The summed E-state index contributed by atoms with van der Waals surface area (Å²) >= 11 is 0. The molecule has 1 aliphatic heterocycles. The van der Waals surface area contributed by atoms with Crippen LogP contribution in [-0.4, -0.2) is 12.6 Å². The van der Waals surface area contributed by atoms with Gasteiger partial charge in [-0.3, -0.25) is 0 Å². The Morgan fingerprint density at radius 1 is 0.911 bits per heavy atom. The van der Waals surface area contributed by atoms with E-state index in [9.17, 15) is 10.1 Å². The van der Waals surface area contributed by atoms with Crippen LogP contribution >= 0.6 is 0 Å². The minimum absolute atomic E-state index is 0.0281. The smallest absolute Gasteiger partial charge is 0.379 e. The molecule has 0 spiro atoms. The van der Waals surface area contributed by atoms with Gasteiger partial charge in [-0.2, -0.15) is 5.26 Å². The number of nitriles is 1. The number of nitrogens with zero attached hydrogens (tertiary/aromatic N) is 1. The van der Waals surface area contributed by atoms with Gasteiger partial charge in [-0.15, -0.1) is 0 Å². The molecule has 2 N–H and O–H groups in total. The fourth-order valence-electron chi connectivity index (χ4n) is 5.46. The number of allylic oxidation sites excluding steroid dienone is 1. The number of carbonyl (C=O) groups is 1. The number of hydrogen-bond donors (Lipinski definition) is 1. The summed E-state index contributed by atoms with van der Waals surface area (Å²) in [5, 5.41) is 10.9. The highest BCUT2D eigenvalue weighted by molar-refractivity contribution is 5.97. The maximum atomic E-state index is 13.1. The van der Waals surface area contributed by atoms with E-state index in [4.69, 9.17) is 29.1 Å². The van der Waals surface area contributed by atoms with Crippen molar-refractivity contribution in [3.05, 3.63) is 129 Å². The van der Waals surface area contributed by atoms with Gasteiger partial charge in [0, 0.05) is 22.6 Å². The van der Waals surface area contributed by atoms with Crippen LogP contribution in [-0.2, 0) is 6.61 Å². The normalized spacial score (nSPS) is 14.0. The SMILES string of the molecule is CCOc1cc(C2C(C#N)=C(N)Oc3cc(OC(=O)c4oc5ccc(C)cc5c4C)ccc32)ccc1OCc1ccc(C)cc1. The number of esters is 1. The van der Waals surface area contributed by atoms with Crippen LogP contribution in [0.4, 0.5) is 0 Å². The molecule has 0 bridgehead atoms. The molecule has 1 unspecified atom stereocenters. The van der Waals surface area contributed by atoms with Crippen molar-refractivity contribution >= 4 is 16.9 Å². The van der Waals surface area contributed by atoms with Crippen molar-refractivity contribution in [1.82, 2.24) is 0 Å². The second-order valence-corrected chi connectivity index (χ2v) is 11.0. The summed E-state index contributed by atoms with van der Waals surface area (Å²) in [6, 6.07) is 26.7. The van der Waals surface area contributed by atoms with Crippen molar-refractivity contribution in [2.45, 2.75) is 40.2 Å². The van der Waals surface area contributed by atoms with Crippen LogP contribution < -0.4 is 24.7 Å². The largest absolute Gasteiger partial charge is 0.490 e. The summed E-state index contributed by atoms with van der Waals surface area (Å²) in [5.41, 5.74) is 12.6. The van der Waals surface area contributed by atoms with Gasteiger partial charge < -0.3 is 29.1 Å². The van der Waals surface area contributed by atoms with Crippen LogP contribution in [0.25, 0.3) is 11.0 Å². The molecule has 0 amide bonds. The highest BCUT2D eigenvalue weighted by Gasteiger charge is 2.32. The van der Waals surface area contributed by atoms with Crippen LogP contribution in [0, 0.1) is 32.1 Å². The van der Waals surface area contributed by atoms with Gasteiger partial charge in [0.05, 0.1) is 12.5 Å². The van der Waals surface area contributed by atoms with E-state index in [1.807, 2.05) is 88.4 Å². The number of furan rings is 1. The molecule has 226 valence electrons. The first kappa shape index (κ1) is 29.4. The van der Waals surface area contributed by atoms with E-state index in [2.05, 4.69) is 6.07 Å². The zero-order chi connectivity index (χ0) is 31.7. The molecular formula is C37H32N2O6. The molecule has 6 rings (SSSR count). The molecule has 4 aromatic carbocycles. The highest BCUT2D eigenvalue weighted by Crippen LogP contribution is 2.45. The predicted octanol–water partition coefficient (Wildman–Crippen LogP) is 7.77. The summed E-state index contributed by atoms with van der Waals surface area (Å²) in [6.45, 7) is 8.55. The summed E-state index contributed by atoms with van der Waals surface area (Å²) in [6.07, 6.45) is 0. The highest BCUT2D eigenvalue weighted by atomic mass is 16.5. The number of aryl methyl sites for hydroxylation is 3. The number of carbonyl (C=O) groups excluding carboxylic acids is 1. The Bertz CT molecular complexity index is 2000. The zero-order valence-electron chi connectivity index (χ0n) is 25.5. The lowest BCUT2D eigenvalue weighted by Gasteiger charge is -2.27. The third-order valence-electron chi connectivity index (χ3n) is 7.79. The average molecular weight is 601 g/mol. The fourth-order valence-corrected chi connectivity index (χ4v) is 5.46. The van der Waals surface area contributed by atoms with Crippen LogP contribution in [0.2, 0.25) is 0 Å². The van der Waals surface area contributed by atoms with Crippen molar-refractivity contribution < 1.29 is 28.2 Å². The summed E-state index contributed by atoms with van der Waals surface area (Å²) in [7, 11) is 0. The van der Waals surface area contributed by atoms with Gasteiger partial charge in [-0.05, 0) is 69.2 Å². The number of fused-ring (bicyclic) bond motifs is 2. The molecule has 0 saturated heterocycles. The molecule has 1 atom stereocenters. The Morgan fingerprint density at radius 2 is 1.69 bits per heavy atom. The number of hydrogen-bond acceptors (Lipinski definition) is 8. The first-order valence-electron chi connectivity index (χ1n) is 14.6. The molecule has 0 aliphatic carbocycles. The monoisotopic (exact) mass is 600 g/mol. The molecule has 0 fully saturated rings. The summed E-state index contributed by atoms with van der Waals surface area (Å²) in [5.74, 6) is 0.682. The summed E-state index contributed by atoms with van der Waals surface area (Å²) in [4.78, 5) is 13.1. The summed E-state index contributed by atoms with van der Waals surface area (Å²) < 4.78 is 29.4. The maximum absolute atomic E-state index is 13.1. The van der Waals surface area contributed by atoms with E-state index in [1.165, 1.54) is 5.56 Å². The topological polar surface area (TPSA) is 117 Å². The van der Waals surface area contributed by atoms with Gasteiger partial charge in [0.2, 0.25) is 11.6 Å². The van der Waals surface area contributed by atoms with Gasteiger partial charge in [-0.25, -0.2) is 4.79 Å². The Kier molecular flexibility index (Phi) is 7.93. The second-order valence-electron chi connectivity index (χ2n) is 11.0. The Hall–Kier alpha value is -5.68. The molecule has 0 radical (unpaired) electrons. The van der Waals surface area contributed by atoms with Crippen LogP contribution in [0.1, 0.15) is 56.8 Å². The van der Waals surface area contributed by atoms with E-state index < -0.39 is 11.9 Å². The second kappa shape index (κ2) is 12.1. The van der Waals surface area contributed by atoms with Crippen molar-refractivity contribution in [3.8, 4) is 29.1 Å². The molecule has 8 heteroatoms. The van der Waals surface area contributed by atoms with Crippen molar-refractivity contribution in [2.75, 3.05) is 6.61 Å². The van der Waals surface area contributed by atoms with E-state index >= 15 is 0 Å². The first-order chi connectivity index (χ1) is 21.7. The van der Waals surface area contributed by atoms with E-state index in [1.54, 1.807) is 18.2 Å². The standard InChI is InChI=1S/C37H32N2O6/c1-5-41-33-17-25(11-15-31(33)42-20-24-9-6-21(2)7-10-24)34-27-13-12-26(18-32(27)45-36(39)29(34)19-38)43-37(40)35-23(4)28-16-22(3)8-14-30(28)44-35/h6-18,34H,5,20,39H2,1-4H3. The fraction of sp³-hybridized carbons (Fsp3) is 0.189. The third-order valence-corrected chi connectivity index (χ3v) is 7.79. The molecule has 5 aromatic rings. The van der Waals surface area contributed by atoms with Gasteiger partial charge in [0.25, 0.3) is 0 Å². The van der Waals surface area contributed by atoms with E-state index in [0.717, 1.165) is 22.1 Å².